The van der Waals surface area contributed by atoms with E-state index in [4.69, 9.17) is 9.47 Å². The van der Waals surface area contributed by atoms with Gasteiger partial charge in [-0.05, 0) is 56.2 Å². The van der Waals surface area contributed by atoms with Crippen molar-refractivity contribution in [3.8, 4) is 22.8 Å². The molecule has 10 heteroatoms. The molecule has 1 amide bonds. The fraction of sp³-hybridized carbons (Fsp3) is 0.304. The Balaban J connectivity index is 1.52. The molecule has 0 unspecified atom stereocenters. The third-order valence-corrected chi connectivity index (χ3v) is 8.22. The minimum absolute atomic E-state index is 0.131. The molecule has 1 N–H and O–H groups in total. The van der Waals surface area contributed by atoms with Gasteiger partial charge in [-0.3, -0.25) is 4.79 Å². The van der Waals surface area contributed by atoms with Gasteiger partial charge in [0, 0.05) is 17.5 Å². The number of carbonyl (C=O) groups excluding carboxylic acids is 1. The summed E-state index contributed by atoms with van der Waals surface area (Å²) in [6.45, 7) is 2.27. The van der Waals surface area contributed by atoms with Crippen molar-refractivity contribution in [2.24, 2.45) is 0 Å². The van der Waals surface area contributed by atoms with Crippen LogP contribution >= 0.6 is 11.3 Å². The maximum absolute atomic E-state index is 13.2. The minimum Gasteiger partial charge on any atom is -0.497 e. The number of thiazole rings is 1. The lowest BCUT2D eigenvalue weighted by atomic mass is 10.1. The van der Waals surface area contributed by atoms with Crippen molar-refractivity contribution in [2.45, 2.75) is 30.7 Å². The van der Waals surface area contributed by atoms with Gasteiger partial charge >= 0.3 is 0 Å². The first-order valence-electron chi connectivity index (χ1n) is 10.4. The van der Waals surface area contributed by atoms with Gasteiger partial charge in [0.25, 0.3) is 0 Å². The van der Waals surface area contributed by atoms with Crippen LogP contribution in [0, 0.1) is 6.92 Å². The smallest absolute Gasteiger partial charge is 0.244 e. The van der Waals surface area contributed by atoms with E-state index in [0.717, 1.165) is 11.1 Å². The zero-order chi connectivity index (χ0) is 23.6. The number of hydrogen-bond donors (Lipinski definition) is 1. The Kier molecular flexibility index (Phi) is 6.68. The second-order valence-electron chi connectivity index (χ2n) is 7.68. The highest BCUT2D eigenvalue weighted by atomic mass is 32.2. The summed E-state index contributed by atoms with van der Waals surface area (Å²) >= 11 is 1.29. The van der Waals surface area contributed by atoms with Gasteiger partial charge in [0.2, 0.25) is 15.9 Å². The molecule has 1 saturated heterocycles. The van der Waals surface area contributed by atoms with E-state index >= 15 is 0 Å². The van der Waals surface area contributed by atoms with Crippen LogP contribution in [0.1, 0.15) is 18.4 Å². The predicted octanol–water partition coefficient (Wildman–Crippen LogP) is 3.93. The van der Waals surface area contributed by atoms with Crippen LogP contribution in [0.2, 0.25) is 0 Å². The fourth-order valence-corrected chi connectivity index (χ4v) is 6.21. The number of amides is 1. The van der Waals surface area contributed by atoms with E-state index in [9.17, 15) is 13.2 Å². The molecule has 0 radical (unpaired) electrons. The lowest BCUT2D eigenvalue weighted by molar-refractivity contribution is -0.119. The van der Waals surface area contributed by atoms with Crippen LogP contribution in [0.5, 0.6) is 11.5 Å². The average Bonchev–Trinajstić information content (AvgIpc) is 3.49. The van der Waals surface area contributed by atoms with Gasteiger partial charge in [-0.15, -0.1) is 11.3 Å². The lowest BCUT2D eigenvalue weighted by Crippen LogP contribution is -2.43. The maximum atomic E-state index is 13.2. The number of aryl methyl sites for hydroxylation is 1. The molecule has 4 rings (SSSR count). The molecule has 1 aromatic heterocycles. The molecular formula is C23H25N3O5S2. The summed E-state index contributed by atoms with van der Waals surface area (Å²) in [7, 11) is -0.703. The van der Waals surface area contributed by atoms with E-state index in [2.05, 4.69) is 10.3 Å². The molecule has 1 atom stereocenters. The van der Waals surface area contributed by atoms with Crippen LogP contribution in [-0.2, 0) is 14.8 Å². The van der Waals surface area contributed by atoms with Crippen molar-refractivity contribution in [1.29, 1.82) is 0 Å². The molecule has 0 saturated carbocycles. The summed E-state index contributed by atoms with van der Waals surface area (Å²) in [6.07, 6.45) is 1.06. The first-order valence-corrected chi connectivity index (χ1v) is 12.7. The summed E-state index contributed by atoms with van der Waals surface area (Å²) in [5, 5.41) is 5.05. The van der Waals surface area contributed by atoms with Gasteiger partial charge in [0.1, 0.15) is 17.5 Å². The zero-order valence-corrected chi connectivity index (χ0v) is 20.2. The first kappa shape index (κ1) is 23.2. The molecule has 174 valence electrons. The monoisotopic (exact) mass is 487 g/mol. The van der Waals surface area contributed by atoms with Crippen molar-refractivity contribution in [2.75, 3.05) is 26.1 Å². The van der Waals surface area contributed by atoms with Crippen molar-refractivity contribution in [1.82, 2.24) is 9.29 Å². The van der Waals surface area contributed by atoms with Crippen LogP contribution in [-0.4, -0.2) is 50.4 Å². The molecule has 2 heterocycles. The Morgan fingerprint density at radius 1 is 1.15 bits per heavy atom. The SMILES string of the molecule is COc1ccc(S(=O)(=O)N2CCC[C@H]2C(=O)Nc2nc(-c3cc(C)ccc3OC)cs2)cc1. The van der Waals surface area contributed by atoms with Crippen molar-refractivity contribution in [3.63, 3.8) is 0 Å². The quantitative estimate of drug-likeness (QED) is 0.542. The minimum atomic E-state index is -3.82. The van der Waals surface area contributed by atoms with Crippen LogP contribution in [0.3, 0.4) is 0 Å². The van der Waals surface area contributed by atoms with Crippen LogP contribution in [0.15, 0.2) is 52.7 Å². The Morgan fingerprint density at radius 3 is 2.61 bits per heavy atom. The molecule has 3 aromatic rings. The molecule has 33 heavy (non-hydrogen) atoms. The number of anilines is 1. The van der Waals surface area contributed by atoms with Crippen molar-refractivity contribution >= 4 is 32.4 Å². The number of benzene rings is 2. The number of nitrogens with one attached hydrogen (secondary N) is 1. The third kappa shape index (κ3) is 4.73. The highest BCUT2D eigenvalue weighted by molar-refractivity contribution is 7.89. The van der Waals surface area contributed by atoms with E-state index < -0.39 is 16.1 Å². The summed E-state index contributed by atoms with van der Waals surface area (Å²) in [6, 6.07) is 11.2. The zero-order valence-electron chi connectivity index (χ0n) is 18.6. The van der Waals surface area contributed by atoms with Gasteiger partial charge < -0.3 is 14.8 Å². The molecule has 8 nitrogen and oxygen atoms in total. The predicted molar refractivity (Wildman–Crippen MR) is 127 cm³/mol. The van der Waals surface area contributed by atoms with Gasteiger partial charge in [-0.2, -0.15) is 4.31 Å². The highest BCUT2D eigenvalue weighted by Gasteiger charge is 2.39. The molecule has 2 aromatic carbocycles. The average molecular weight is 488 g/mol. The molecular weight excluding hydrogens is 462 g/mol. The molecule has 1 fully saturated rings. The third-order valence-electron chi connectivity index (χ3n) is 5.54. The number of nitrogens with zero attached hydrogens (tertiary/aromatic N) is 2. The highest BCUT2D eigenvalue weighted by Crippen LogP contribution is 2.34. The summed E-state index contributed by atoms with van der Waals surface area (Å²) in [5.74, 6) is 0.868. The van der Waals surface area contributed by atoms with Crippen molar-refractivity contribution in [3.05, 3.63) is 53.4 Å². The number of rotatable bonds is 7. The fourth-order valence-electron chi connectivity index (χ4n) is 3.84. The van der Waals surface area contributed by atoms with E-state index in [0.29, 0.717) is 35.2 Å². The molecule has 0 aliphatic carbocycles. The molecule has 1 aliphatic heterocycles. The van der Waals surface area contributed by atoms with Gasteiger partial charge in [-0.25, -0.2) is 13.4 Å². The number of carbonyl (C=O) groups is 1. The standard InChI is InChI=1S/C23H25N3O5S2/c1-15-6-11-21(31-3)18(13-15)19-14-32-23(24-19)25-22(27)20-5-4-12-26(20)33(28,29)17-9-7-16(30-2)8-10-17/h6-11,13-14,20H,4-5,12H2,1-3H3,(H,24,25,27)/t20-/m0/s1. The number of methoxy groups -OCH3 is 2. The topological polar surface area (TPSA) is 97.8 Å². The molecule has 0 bridgehead atoms. The number of sulfonamides is 1. The second kappa shape index (κ2) is 9.50. The largest absolute Gasteiger partial charge is 0.497 e. The van der Waals surface area contributed by atoms with E-state index in [1.807, 2.05) is 30.5 Å². The van der Waals surface area contributed by atoms with Gasteiger partial charge in [0.15, 0.2) is 5.13 Å². The number of hydrogen-bond acceptors (Lipinski definition) is 7. The maximum Gasteiger partial charge on any atom is 0.244 e. The van der Waals surface area contributed by atoms with Crippen molar-refractivity contribution < 1.29 is 22.7 Å². The first-order chi connectivity index (χ1) is 15.8. The summed E-state index contributed by atoms with van der Waals surface area (Å²) in [4.78, 5) is 17.7. The number of aromatic nitrogens is 1. The molecule has 0 spiro atoms. The Hall–Kier alpha value is -2.95. The van der Waals surface area contributed by atoms with Crippen LogP contribution in [0.25, 0.3) is 11.3 Å². The Labute approximate surface area is 197 Å². The van der Waals surface area contributed by atoms with Crippen LogP contribution in [0.4, 0.5) is 5.13 Å². The van der Waals surface area contributed by atoms with E-state index in [1.165, 1.54) is 34.9 Å². The molecule has 1 aliphatic rings. The van der Waals surface area contributed by atoms with Crippen LogP contribution < -0.4 is 14.8 Å². The number of ether oxygens (including phenoxy) is 2. The van der Waals surface area contributed by atoms with Gasteiger partial charge in [-0.1, -0.05) is 11.6 Å². The normalized spacial score (nSPS) is 16.5. The Morgan fingerprint density at radius 2 is 1.91 bits per heavy atom. The van der Waals surface area contributed by atoms with Gasteiger partial charge in [0.05, 0.1) is 24.8 Å². The van der Waals surface area contributed by atoms with E-state index in [-0.39, 0.29) is 17.3 Å². The second-order valence-corrected chi connectivity index (χ2v) is 10.4. The lowest BCUT2D eigenvalue weighted by Gasteiger charge is -2.23. The summed E-state index contributed by atoms with van der Waals surface area (Å²) in [5.41, 5.74) is 2.58. The van der Waals surface area contributed by atoms with E-state index in [1.54, 1.807) is 19.2 Å². The Bertz CT molecular complexity index is 1260. The summed E-state index contributed by atoms with van der Waals surface area (Å²) < 4.78 is 38.1.